The first-order valence-electron chi connectivity index (χ1n) is 12.9. The fourth-order valence-corrected chi connectivity index (χ4v) is 4.43. The van der Waals surface area contributed by atoms with Crippen molar-refractivity contribution in [3.8, 4) is 0 Å². The first kappa shape index (κ1) is 25.9. The number of aliphatic hydroxyl groups excluding tert-OH is 1. The zero-order valence-electron chi connectivity index (χ0n) is 19.1. The molecule has 0 aliphatic carbocycles. The van der Waals surface area contributed by atoms with E-state index >= 15 is 0 Å². The predicted molar refractivity (Wildman–Crippen MR) is 122 cm³/mol. The van der Waals surface area contributed by atoms with Gasteiger partial charge in [-0.3, -0.25) is 4.84 Å². The van der Waals surface area contributed by atoms with Crippen LogP contribution in [0, 0.1) is 0 Å². The molecule has 1 rings (SSSR count). The highest BCUT2D eigenvalue weighted by Crippen LogP contribution is 2.21. The van der Waals surface area contributed by atoms with Gasteiger partial charge in [0.1, 0.15) is 0 Å². The van der Waals surface area contributed by atoms with Crippen molar-refractivity contribution < 1.29 is 9.94 Å². The highest BCUT2D eigenvalue weighted by Gasteiger charge is 2.24. The summed E-state index contributed by atoms with van der Waals surface area (Å²) in [6, 6.07) is 0.549. The molecule has 0 spiro atoms. The Bertz CT molecular complexity index is 311. The summed E-state index contributed by atoms with van der Waals surface area (Å²) in [5, 5.41) is 11.2. The van der Waals surface area contributed by atoms with Crippen LogP contribution in [0.3, 0.4) is 0 Å². The Morgan fingerprint density at radius 2 is 1.21 bits per heavy atom. The Morgan fingerprint density at radius 3 is 1.71 bits per heavy atom. The van der Waals surface area contributed by atoms with Crippen LogP contribution in [0.5, 0.6) is 0 Å². The van der Waals surface area contributed by atoms with Crippen molar-refractivity contribution in [3.05, 3.63) is 0 Å². The zero-order valence-corrected chi connectivity index (χ0v) is 19.1. The first-order chi connectivity index (χ1) is 13.9. The van der Waals surface area contributed by atoms with E-state index in [4.69, 9.17) is 9.94 Å². The van der Waals surface area contributed by atoms with Crippen molar-refractivity contribution in [1.82, 2.24) is 5.06 Å². The lowest BCUT2D eigenvalue weighted by Gasteiger charge is -2.23. The van der Waals surface area contributed by atoms with Crippen LogP contribution in [0.2, 0.25) is 0 Å². The van der Waals surface area contributed by atoms with Gasteiger partial charge in [-0.05, 0) is 32.1 Å². The lowest BCUT2D eigenvalue weighted by molar-refractivity contribution is -0.171. The molecular formula is C25H51NO2. The van der Waals surface area contributed by atoms with Crippen molar-refractivity contribution in [2.75, 3.05) is 19.8 Å². The summed E-state index contributed by atoms with van der Waals surface area (Å²) < 4.78 is 0. The van der Waals surface area contributed by atoms with E-state index in [1.165, 1.54) is 116 Å². The molecule has 1 heterocycles. The molecule has 0 aromatic carbocycles. The van der Waals surface area contributed by atoms with Gasteiger partial charge >= 0.3 is 0 Å². The van der Waals surface area contributed by atoms with E-state index in [1.54, 1.807) is 0 Å². The predicted octanol–water partition coefficient (Wildman–Crippen LogP) is 7.42. The van der Waals surface area contributed by atoms with Gasteiger partial charge in [0.2, 0.25) is 0 Å². The Hall–Kier alpha value is -0.120. The summed E-state index contributed by atoms with van der Waals surface area (Å²) in [6.45, 7) is 4.56. The highest BCUT2D eigenvalue weighted by molar-refractivity contribution is 4.73. The molecule has 1 saturated heterocycles. The molecule has 3 nitrogen and oxygen atoms in total. The van der Waals surface area contributed by atoms with Crippen molar-refractivity contribution in [2.24, 2.45) is 0 Å². The summed E-state index contributed by atoms with van der Waals surface area (Å²) >= 11 is 0. The second kappa shape index (κ2) is 20.2. The van der Waals surface area contributed by atoms with Gasteiger partial charge in [0, 0.05) is 19.2 Å². The van der Waals surface area contributed by atoms with Crippen LogP contribution >= 0.6 is 0 Å². The van der Waals surface area contributed by atoms with E-state index in [0.717, 1.165) is 26.0 Å². The molecule has 1 aliphatic heterocycles. The third kappa shape index (κ3) is 14.8. The van der Waals surface area contributed by atoms with Crippen molar-refractivity contribution in [1.29, 1.82) is 0 Å². The monoisotopic (exact) mass is 397 g/mol. The molecular weight excluding hydrogens is 346 g/mol. The first-order valence-corrected chi connectivity index (χ1v) is 12.9. The zero-order chi connectivity index (χ0) is 20.1. The Labute approximate surface area is 176 Å². The van der Waals surface area contributed by atoms with Gasteiger partial charge in [0.25, 0.3) is 0 Å². The number of hydroxylamine groups is 2. The van der Waals surface area contributed by atoms with Gasteiger partial charge in [0.05, 0.1) is 6.61 Å². The quantitative estimate of drug-likeness (QED) is 0.205. The van der Waals surface area contributed by atoms with Gasteiger partial charge in [-0.1, -0.05) is 103 Å². The highest BCUT2D eigenvalue weighted by atomic mass is 16.7. The van der Waals surface area contributed by atoms with Crippen LogP contribution in [0.4, 0.5) is 0 Å². The van der Waals surface area contributed by atoms with Gasteiger partial charge in [-0.2, -0.15) is 5.06 Å². The summed E-state index contributed by atoms with van der Waals surface area (Å²) in [4.78, 5) is 5.98. The molecule has 1 fully saturated rings. The maximum atomic E-state index is 8.99. The minimum absolute atomic E-state index is 0.309. The van der Waals surface area contributed by atoms with E-state index < -0.39 is 0 Å². The molecule has 1 N–H and O–H groups in total. The van der Waals surface area contributed by atoms with Crippen molar-refractivity contribution in [2.45, 2.75) is 141 Å². The SMILES string of the molecule is CCCCCCCCCCCCCCCCCCON1CCCC1CCCO. The van der Waals surface area contributed by atoms with Crippen LogP contribution in [0.15, 0.2) is 0 Å². The maximum Gasteiger partial charge on any atom is 0.0685 e. The molecule has 1 atom stereocenters. The molecule has 0 aromatic rings. The number of nitrogens with zero attached hydrogens (tertiary/aromatic N) is 1. The third-order valence-corrected chi connectivity index (χ3v) is 6.27. The number of hydrogen-bond acceptors (Lipinski definition) is 3. The van der Waals surface area contributed by atoms with Gasteiger partial charge in [-0.25, -0.2) is 0 Å². The topological polar surface area (TPSA) is 32.7 Å². The van der Waals surface area contributed by atoms with E-state index in [-0.39, 0.29) is 0 Å². The summed E-state index contributed by atoms with van der Waals surface area (Å²) in [7, 11) is 0. The normalized spacial score (nSPS) is 17.6. The molecule has 0 saturated carbocycles. The molecule has 28 heavy (non-hydrogen) atoms. The largest absolute Gasteiger partial charge is 0.396 e. The Balaban J connectivity index is 1.74. The van der Waals surface area contributed by atoms with Gasteiger partial charge in [0.15, 0.2) is 0 Å². The van der Waals surface area contributed by atoms with Crippen LogP contribution in [-0.2, 0) is 4.84 Å². The molecule has 3 heteroatoms. The summed E-state index contributed by atoms with van der Waals surface area (Å²) in [6.07, 6.45) is 27.1. The van der Waals surface area contributed by atoms with E-state index in [2.05, 4.69) is 12.0 Å². The minimum Gasteiger partial charge on any atom is -0.396 e. The summed E-state index contributed by atoms with van der Waals surface area (Å²) in [5.74, 6) is 0. The van der Waals surface area contributed by atoms with Crippen LogP contribution < -0.4 is 0 Å². The van der Waals surface area contributed by atoms with Crippen LogP contribution in [-0.4, -0.2) is 36.0 Å². The Morgan fingerprint density at radius 1 is 0.714 bits per heavy atom. The van der Waals surface area contributed by atoms with Gasteiger partial charge in [-0.15, -0.1) is 0 Å². The van der Waals surface area contributed by atoms with E-state index in [1.807, 2.05) is 0 Å². The average Bonchev–Trinajstić information content (AvgIpc) is 3.16. The molecule has 1 aliphatic rings. The number of rotatable bonds is 21. The molecule has 0 amide bonds. The van der Waals surface area contributed by atoms with Crippen LogP contribution in [0.1, 0.15) is 135 Å². The molecule has 0 aromatic heterocycles. The van der Waals surface area contributed by atoms with Gasteiger partial charge < -0.3 is 5.11 Å². The number of unbranched alkanes of at least 4 members (excludes halogenated alkanes) is 15. The van der Waals surface area contributed by atoms with Crippen LogP contribution in [0.25, 0.3) is 0 Å². The minimum atomic E-state index is 0.309. The second-order valence-electron chi connectivity index (χ2n) is 8.94. The second-order valence-corrected chi connectivity index (χ2v) is 8.94. The summed E-state index contributed by atoms with van der Waals surface area (Å²) in [5.41, 5.74) is 0. The third-order valence-electron chi connectivity index (χ3n) is 6.27. The van der Waals surface area contributed by atoms with Crippen molar-refractivity contribution in [3.63, 3.8) is 0 Å². The fraction of sp³-hybridized carbons (Fsp3) is 1.00. The number of aliphatic hydroxyl groups is 1. The molecule has 168 valence electrons. The smallest absolute Gasteiger partial charge is 0.0685 e. The molecule has 1 unspecified atom stereocenters. The van der Waals surface area contributed by atoms with E-state index in [9.17, 15) is 0 Å². The van der Waals surface area contributed by atoms with Crippen molar-refractivity contribution >= 4 is 0 Å². The lowest BCUT2D eigenvalue weighted by Crippen LogP contribution is -2.30. The lowest BCUT2D eigenvalue weighted by atomic mass is 10.0. The average molecular weight is 398 g/mol. The maximum absolute atomic E-state index is 8.99. The Kier molecular flexibility index (Phi) is 18.7. The number of hydrogen-bond donors (Lipinski definition) is 1. The molecule has 0 bridgehead atoms. The standard InChI is InChI=1S/C25H51NO2/c1-2-3-4-5-6-7-8-9-10-11-12-13-14-15-16-17-24-28-26-22-18-20-25(26)21-19-23-27/h25,27H,2-24H2,1H3. The molecule has 0 radical (unpaired) electrons. The van der Waals surface area contributed by atoms with E-state index in [0.29, 0.717) is 12.6 Å². The fourth-order valence-electron chi connectivity index (χ4n) is 4.43.